The predicted molar refractivity (Wildman–Crippen MR) is 106 cm³/mol. The average Bonchev–Trinajstić information content (AvgIpc) is 2.73. The van der Waals surface area contributed by atoms with Crippen molar-refractivity contribution in [3.05, 3.63) is 29.8 Å². The molecular weight excluding hydrogens is 342 g/mol. The zero-order valence-electron chi connectivity index (χ0n) is 16.4. The minimum absolute atomic E-state index is 0.0399. The fourth-order valence-corrected chi connectivity index (χ4v) is 3.91. The summed E-state index contributed by atoms with van der Waals surface area (Å²) >= 11 is 0. The third-order valence-corrected chi connectivity index (χ3v) is 5.75. The first-order chi connectivity index (χ1) is 13.1. The van der Waals surface area contributed by atoms with E-state index in [1.165, 1.54) is 12.8 Å². The quantitative estimate of drug-likeness (QED) is 0.877. The van der Waals surface area contributed by atoms with Gasteiger partial charge in [-0.25, -0.2) is 4.79 Å². The van der Waals surface area contributed by atoms with Gasteiger partial charge in [-0.15, -0.1) is 0 Å². The van der Waals surface area contributed by atoms with E-state index in [0.717, 1.165) is 39.0 Å². The smallest absolute Gasteiger partial charge is 0.321 e. The summed E-state index contributed by atoms with van der Waals surface area (Å²) in [6, 6.07) is 7.06. The first-order valence-corrected chi connectivity index (χ1v) is 10.1. The van der Waals surface area contributed by atoms with E-state index in [1.807, 2.05) is 17.9 Å². The van der Waals surface area contributed by atoms with Crippen LogP contribution in [0.3, 0.4) is 0 Å². The van der Waals surface area contributed by atoms with Crippen LogP contribution < -0.4 is 5.32 Å². The van der Waals surface area contributed by atoms with Crippen molar-refractivity contribution in [2.75, 3.05) is 38.6 Å². The number of nitrogens with one attached hydrogen (secondary N) is 1. The number of carbonyl (C=O) groups excluding carboxylic acids is 2. The Morgan fingerprint density at radius 3 is 2.67 bits per heavy atom. The molecule has 0 saturated carbocycles. The number of ether oxygens (including phenoxy) is 1. The Balaban J connectivity index is 1.53. The Morgan fingerprint density at radius 2 is 2.00 bits per heavy atom. The molecule has 6 heteroatoms. The monoisotopic (exact) mass is 373 g/mol. The number of anilines is 1. The molecule has 148 valence electrons. The van der Waals surface area contributed by atoms with Gasteiger partial charge in [-0.1, -0.05) is 6.07 Å². The highest BCUT2D eigenvalue weighted by Gasteiger charge is 2.30. The van der Waals surface area contributed by atoms with Gasteiger partial charge >= 0.3 is 6.03 Å². The fraction of sp³-hybridized carbons (Fsp3) is 0.619. The first kappa shape index (κ1) is 19.7. The minimum atomic E-state index is -0.0912. The molecule has 3 amide bonds. The Morgan fingerprint density at radius 1 is 1.22 bits per heavy atom. The summed E-state index contributed by atoms with van der Waals surface area (Å²) < 4.78 is 5.92. The number of piperidine rings is 1. The topological polar surface area (TPSA) is 61.9 Å². The number of amides is 3. The maximum Gasteiger partial charge on any atom is 0.321 e. The molecule has 2 aliphatic rings. The number of likely N-dealkylation sites (tertiary alicyclic amines) is 1. The van der Waals surface area contributed by atoms with Gasteiger partial charge in [-0.3, -0.25) is 4.79 Å². The Hall–Kier alpha value is -2.08. The summed E-state index contributed by atoms with van der Waals surface area (Å²) in [6.07, 6.45) is 5.96. The molecule has 27 heavy (non-hydrogen) atoms. The lowest BCUT2D eigenvalue weighted by molar-refractivity contribution is -0.0345. The van der Waals surface area contributed by atoms with Gasteiger partial charge in [0.25, 0.3) is 5.91 Å². The van der Waals surface area contributed by atoms with Crippen molar-refractivity contribution in [1.29, 1.82) is 0 Å². The number of hydrogen-bond acceptors (Lipinski definition) is 3. The Labute approximate surface area is 161 Å². The molecule has 2 heterocycles. The second kappa shape index (κ2) is 9.22. The standard InChI is InChI=1S/C21H31N3O3/c1-3-23(2)20(25)17-7-6-8-18(15-17)22-21(26)24-12-10-16(11-13-24)19-9-4-5-14-27-19/h6-8,15-16,19H,3-5,9-14H2,1-2H3,(H,22,26). The predicted octanol–water partition coefficient (Wildman–Crippen LogP) is 3.59. The van der Waals surface area contributed by atoms with E-state index in [4.69, 9.17) is 4.74 Å². The first-order valence-electron chi connectivity index (χ1n) is 10.1. The Kier molecular flexibility index (Phi) is 6.72. The third-order valence-electron chi connectivity index (χ3n) is 5.75. The van der Waals surface area contributed by atoms with Gasteiger partial charge in [0.1, 0.15) is 0 Å². The van der Waals surface area contributed by atoms with Crippen molar-refractivity contribution >= 4 is 17.6 Å². The summed E-state index contributed by atoms with van der Waals surface area (Å²) in [5.74, 6) is 0.529. The van der Waals surface area contributed by atoms with Crippen molar-refractivity contribution in [2.45, 2.75) is 45.1 Å². The number of benzene rings is 1. The highest BCUT2D eigenvalue weighted by atomic mass is 16.5. The summed E-state index contributed by atoms with van der Waals surface area (Å²) in [6.45, 7) is 4.98. The minimum Gasteiger partial charge on any atom is -0.378 e. The lowest BCUT2D eigenvalue weighted by atomic mass is 9.87. The van der Waals surface area contributed by atoms with Gasteiger partial charge in [-0.2, -0.15) is 0 Å². The molecular formula is C21H31N3O3. The maximum absolute atomic E-state index is 12.6. The molecule has 0 radical (unpaired) electrons. The number of urea groups is 1. The van der Waals surface area contributed by atoms with Crippen molar-refractivity contribution in [3.63, 3.8) is 0 Å². The van der Waals surface area contributed by atoms with Crippen LogP contribution in [0.4, 0.5) is 10.5 Å². The number of rotatable bonds is 4. The molecule has 1 aromatic rings. The highest BCUT2D eigenvalue weighted by Crippen LogP contribution is 2.28. The van der Waals surface area contributed by atoms with E-state index < -0.39 is 0 Å². The van der Waals surface area contributed by atoms with Gasteiger partial charge in [0.2, 0.25) is 0 Å². The molecule has 6 nitrogen and oxygen atoms in total. The second-order valence-corrected chi connectivity index (χ2v) is 7.56. The van der Waals surface area contributed by atoms with Crippen LogP contribution in [0.2, 0.25) is 0 Å². The van der Waals surface area contributed by atoms with Gasteiger partial charge in [-0.05, 0) is 63.1 Å². The van der Waals surface area contributed by atoms with Gasteiger partial charge < -0.3 is 19.9 Å². The third kappa shape index (κ3) is 5.01. The zero-order chi connectivity index (χ0) is 19.2. The highest BCUT2D eigenvalue weighted by molar-refractivity contribution is 5.96. The van der Waals surface area contributed by atoms with Gasteiger partial charge in [0, 0.05) is 44.5 Å². The Bertz CT molecular complexity index is 650. The molecule has 3 rings (SSSR count). The lowest BCUT2D eigenvalue weighted by Crippen LogP contribution is -2.44. The zero-order valence-corrected chi connectivity index (χ0v) is 16.4. The van der Waals surface area contributed by atoms with Crippen LogP contribution in [0.1, 0.15) is 49.4 Å². The average molecular weight is 373 g/mol. The maximum atomic E-state index is 12.6. The molecule has 0 aliphatic carbocycles. The number of carbonyl (C=O) groups is 2. The molecule has 1 aromatic carbocycles. The summed E-state index contributed by atoms with van der Waals surface area (Å²) in [4.78, 5) is 28.4. The molecule has 2 aliphatic heterocycles. The fourth-order valence-electron chi connectivity index (χ4n) is 3.91. The molecule has 0 spiro atoms. The van der Waals surface area contributed by atoms with Crippen molar-refractivity contribution in [1.82, 2.24) is 9.80 Å². The van der Waals surface area contributed by atoms with Crippen molar-refractivity contribution < 1.29 is 14.3 Å². The molecule has 2 saturated heterocycles. The molecule has 2 fully saturated rings. The van der Waals surface area contributed by atoms with Crippen LogP contribution >= 0.6 is 0 Å². The van der Waals surface area contributed by atoms with E-state index >= 15 is 0 Å². The number of hydrogen-bond donors (Lipinski definition) is 1. The summed E-state index contributed by atoms with van der Waals surface area (Å²) in [5, 5.41) is 2.94. The molecule has 1 unspecified atom stereocenters. The van der Waals surface area contributed by atoms with E-state index in [1.54, 1.807) is 30.1 Å². The largest absolute Gasteiger partial charge is 0.378 e. The molecule has 1 atom stereocenters. The van der Waals surface area contributed by atoms with E-state index in [2.05, 4.69) is 5.32 Å². The molecule has 0 bridgehead atoms. The van der Waals surface area contributed by atoms with Crippen LogP contribution in [-0.4, -0.2) is 61.1 Å². The van der Waals surface area contributed by atoms with Crippen LogP contribution in [0, 0.1) is 5.92 Å². The normalized spacial score (nSPS) is 21.0. The van der Waals surface area contributed by atoms with Crippen LogP contribution in [0.5, 0.6) is 0 Å². The SMILES string of the molecule is CCN(C)C(=O)c1cccc(NC(=O)N2CCC(C3CCCCO3)CC2)c1. The van der Waals surface area contributed by atoms with Crippen molar-refractivity contribution in [3.8, 4) is 0 Å². The molecule has 0 aromatic heterocycles. The molecule has 1 N–H and O–H groups in total. The van der Waals surface area contributed by atoms with Crippen LogP contribution in [0.15, 0.2) is 24.3 Å². The van der Waals surface area contributed by atoms with E-state index in [0.29, 0.717) is 29.8 Å². The van der Waals surface area contributed by atoms with Crippen molar-refractivity contribution in [2.24, 2.45) is 5.92 Å². The van der Waals surface area contributed by atoms with E-state index in [9.17, 15) is 9.59 Å². The number of nitrogens with zero attached hydrogens (tertiary/aromatic N) is 2. The lowest BCUT2D eigenvalue weighted by Gasteiger charge is -2.37. The van der Waals surface area contributed by atoms with Crippen LogP contribution in [-0.2, 0) is 4.74 Å². The van der Waals surface area contributed by atoms with Gasteiger partial charge in [0.15, 0.2) is 0 Å². The van der Waals surface area contributed by atoms with Crippen LogP contribution in [0.25, 0.3) is 0 Å². The van der Waals surface area contributed by atoms with E-state index in [-0.39, 0.29) is 11.9 Å². The summed E-state index contributed by atoms with van der Waals surface area (Å²) in [5.41, 5.74) is 1.25. The second-order valence-electron chi connectivity index (χ2n) is 7.56. The van der Waals surface area contributed by atoms with Gasteiger partial charge in [0.05, 0.1) is 6.10 Å². The summed E-state index contributed by atoms with van der Waals surface area (Å²) in [7, 11) is 1.77.